The average molecular weight is 307 g/mol. The summed E-state index contributed by atoms with van der Waals surface area (Å²) in [6, 6.07) is 18.4. The lowest BCUT2D eigenvalue weighted by Gasteiger charge is -2.13. The number of nitrogens with zero attached hydrogens (tertiary/aromatic N) is 1. The van der Waals surface area contributed by atoms with E-state index in [2.05, 4.69) is 0 Å². The van der Waals surface area contributed by atoms with Gasteiger partial charge in [-0.1, -0.05) is 36.4 Å². The molecule has 0 unspecified atom stereocenters. The van der Waals surface area contributed by atoms with Gasteiger partial charge in [0.2, 0.25) is 0 Å². The van der Waals surface area contributed by atoms with Crippen molar-refractivity contribution in [1.29, 1.82) is 5.26 Å². The number of nitriles is 1. The van der Waals surface area contributed by atoms with E-state index in [4.69, 9.17) is 14.7 Å². The number of hydrogen-bond donors (Lipinski definition) is 0. The summed E-state index contributed by atoms with van der Waals surface area (Å²) >= 11 is 0. The van der Waals surface area contributed by atoms with Crippen molar-refractivity contribution in [2.24, 2.45) is 0 Å². The van der Waals surface area contributed by atoms with Crippen LogP contribution in [0.3, 0.4) is 0 Å². The molecule has 4 nitrogen and oxygen atoms in total. The van der Waals surface area contributed by atoms with Crippen LogP contribution in [0.1, 0.15) is 18.1 Å². The van der Waals surface area contributed by atoms with Crippen molar-refractivity contribution in [2.75, 3.05) is 6.61 Å². The molecule has 0 fully saturated rings. The monoisotopic (exact) mass is 307 g/mol. The lowest BCUT2D eigenvalue weighted by Crippen LogP contribution is -2.26. The number of carbonyl (C=O) groups excluding carboxylic acids is 1. The van der Waals surface area contributed by atoms with Crippen LogP contribution >= 0.6 is 0 Å². The van der Waals surface area contributed by atoms with Gasteiger partial charge in [0.05, 0.1) is 11.6 Å². The fourth-order valence-corrected chi connectivity index (χ4v) is 1.86. The molecule has 0 radical (unpaired) electrons. The van der Waals surface area contributed by atoms with Gasteiger partial charge in [0.15, 0.2) is 6.10 Å². The maximum atomic E-state index is 11.8. The second-order valence-corrected chi connectivity index (χ2v) is 4.84. The normalized spacial score (nSPS) is 11.7. The maximum absolute atomic E-state index is 11.8. The molecule has 0 spiro atoms. The zero-order valence-electron chi connectivity index (χ0n) is 12.8. The molecule has 0 aliphatic heterocycles. The molecule has 0 bridgehead atoms. The SMILES string of the molecule is C[C@@H](Oc1ccc(C#N)cc1)C(=O)OC/C=C/c1ccccc1. The molecular formula is C19H17NO3. The molecule has 1 atom stereocenters. The minimum Gasteiger partial charge on any atom is -0.479 e. The van der Waals surface area contributed by atoms with Crippen LogP contribution in [0.5, 0.6) is 5.75 Å². The Labute approximate surface area is 135 Å². The minimum atomic E-state index is -0.715. The van der Waals surface area contributed by atoms with E-state index in [0.717, 1.165) is 5.56 Å². The summed E-state index contributed by atoms with van der Waals surface area (Å²) in [5, 5.41) is 8.73. The van der Waals surface area contributed by atoms with Crippen LogP contribution in [-0.4, -0.2) is 18.7 Å². The molecule has 0 aromatic heterocycles. The number of ether oxygens (including phenoxy) is 2. The van der Waals surface area contributed by atoms with Crippen molar-refractivity contribution in [1.82, 2.24) is 0 Å². The molecule has 2 aromatic carbocycles. The molecule has 4 heteroatoms. The van der Waals surface area contributed by atoms with Gasteiger partial charge in [-0.25, -0.2) is 4.79 Å². The van der Waals surface area contributed by atoms with Gasteiger partial charge in [0.1, 0.15) is 12.4 Å². The minimum absolute atomic E-state index is 0.189. The molecule has 0 saturated heterocycles. The van der Waals surface area contributed by atoms with Gasteiger partial charge in [-0.3, -0.25) is 0 Å². The molecule has 2 aromatic rings. The van der Waals surface area contributed by atoms with Crippen molar-refractivity contribution < 1.29 is 14.3 Å². The van der Waals surface area contributed by atoms with E-state index in [1.807, 2.05) is 42.5 Å². The summed E-state index contributed by atoms with van der Waals surface area (Å²) in [4.78, 5) is 11.8. The van der Waals surface area contributed by atoms with E-state index in [-0.39, 0.29) is 6.61 Å². The second kappa shape index (κ2) is 8.40. The highest BCUT2D eigenvalue weighted by atomic mass is 16.6. The summed E-state index contributed by atoms with van der Waals surface area (Å²) in [5.41, 5.74) is 1.59. The third-order valence-corrected chi connectivity index (χ3v) is 3.06. The summed E-state index contributed by atoms with van der Waals surface area (Å²) < 4.78 is 10.6. The Morgan fingerprint density at radius 3 is 2.52 bits per heavy atom. The first kappa shape index (κ1) is 16.3. The Morgan fingerprint density at radius 2 is 1.87 bits per heavy atom. The fourth-order valence-electron chi connectivity index (χ4n) is 1.86. The molecule has 23 heavy (non-hydrogen) atoms. The van der Waals surface area contributed by atoms with E-state index in [0.29, 0.717) is 11.3 Å². The van der Waals surface area contributed by atoms with Gasteiger partial charge in [-0.05, 0) is 42.8 Å². The van der Waals surface area contributed by atoms with Crippen LogP contribution < -0.4 is 4.74 Å². The van der Waals surface area contributed by atoms with E-state index in [1.165, 1.54) is 0 Å². The summed E-state index contributed by atoms with van der Waals surface area (Å²) in [7, 11) is 0. The van der Waals surface area contributed by atoms with Crippen LogP contribution in [0.15, 0.2) is 60.7 Å². The lowest BCUT2D eigenvalue weighted by molar-refractivity contribution is -0.149. The van der Waals surface area contributed by atoms with E-state index in [1.54, 1.807) is 37.3 Å². The maximum Gasteiger partial charge on any atom is 0.347 e. The first-order valence-electron chi connectivity index (χ1n) is 7.24. The summed E-state index contributed by atoms with van der Waals surface area (Å²) in [6.07, 6.45) is 2.95. The van der Waals surface area contributed by atoms with Gasteiger partial charge < -0.3 is 9.47 Å². The molecule has 0 aliphatic carbocycles. The third-order valence-electron chi connectivity index (χ3n) is 3.06. The van der Waals surface area contributed by atoms with Crippen LogP contribution in [0.2, 0.25) is 0 Å². The fraction of sp³-hybridized carbons (Fsp3) is 0.158. The summed E-state index contributed by atoms with van der Waals surface area (Å²) in [5.74, 6) is 0.0837. The molecule has 0 N–H and O–H groups in total. The molecule has 2 rings (SSSR count). The quantitative estimate of drug-likeness (QED) is 0.765. The zero-order valence-corrected chi connectivity index (χ0v) is 12.8. The highest BCUT2D eigenvalue weighted by Crippen LogP contribution is 2.14. The molecule has 0 saturated carbocycles. The average Bonchev–Trinajstić information content (AvgIpc) is 2.60. The first-order valence-corrected chi connectivity index (χ1v) is 7.24. The number of hydrogen-bond acceptors (Lipinski definition) is 4. The Balaban J connectivity index is 1.78. The Morgan fingerprint density at radius 1 is 1.17 bits per heavy atom. The van der Waals surface area contributed by atoms with Gasteiger partial charge in [0, 0.05) is 0 Å². The summed E-state index contributed by atoms with van der Waals surface area (Å²) in [6.45, 7) is 1.82. The van der Waals surface area contributed by atoms with Crippen LogP contribution in [0.4, 0.5) is 0 Å². The van der Waals surface area contributed by atoms with Crippen LogP contribution in [0, 0.1) is 11.3 Å². The Hall–Kier alpha value is -3.06. The van der Waals surface area contributed by atoms with Gasteiger partial charge in [-0.2, -0.15) is 5.26 Å². The lowest BCUT2D eigenvalue weighted by atomic mass is 10.2. The molecular weight excluding hydrogens is 290 g/mol. The van der Waals surface area contributed by atoms with Gasteiger partial charge in [0.25, 0.3) is 0 Å². The van der Waals surface area contributed by atoms with E-state index < -0.39 is 12.1 Å². The van der Waals surface area contributed by atoms with Crippen molar-refractivity contribution in [2.45, 2.75) is 13.0 Å². The van der Waals surface area contributed by atoms with Crippen LogP contribution in [0.25, 0.3) is 6.08 Å². The second-order valence-electron chi connectivity index (χ2n) is 4.84. The number of rotatable bonds is 6. The number of carbonyl (C=O) groups is 1. The van der Waals surface area contributed by atoms with Gasteiger partial charge in [-0.15, -0.1) is 0 Å². The molecule has 0 aliphatic rings. The smallest absolute Gasteiger partial charge is 0.347 e. The molecule has 116 valence electrons. The number of esters is 1. The van der Waals surface area contributed by atoms with E-state index in [9.17, 15) is 4.79 Å². The number of benzene rings is 2. The largest absolute Gasteiger partial charge is 0.479 e. The highest BCUT2D eigenvalue weighted by Gasteiger charge is 2.15. The Bertz CT molecular complexity index is 700. The van der Waals surface area contributed by atoms with Crippen molar-refractivity contribution in [3.8, 4) is 11.8 Å². The van der Waals surface area contributed by atoms with Crippen molar-refractivity contribution >= 4 is 12.0 Å². The zero-order chi connectivity index (χ0) is 16.5. The third kappa shape index (κ3) is 5.33. The predicted molar refractivity (Wildman–Crippen MR) is 87.7 cm³/mol. The highest BCUT2D eigenvalue weighted by molar-refractivity contribution is 5.74. The van der Waals surface area contributed by atoms with Crippen molar-refractivity contribution in [3.05, 3.63) is 71.8 Å². The Kier molecular flexibility index (Phi) is 5.96. The topological polar surface area (TPSA) is 59.3 Å². The van der Waals surface area contributed by atoms with E-state index >= 15 is 0 Å². The first-order chi connectivity index (χ1) is 11.2. The molecule has 0 amide bonds. The predicted octanol–water partition coefficient (Wildman–Crippen LogP) is 3.58. The standard InChI is InChI=1S/C19H17NO3/c1-15(23-18-11-9-17(14-20)10-12-18)19(21)22-13-5-8-16-6-3-2-4-7-16/h2-12,15H,13H2,1H3/b8-5+/t15-/m1/s1. The molecule has 0 heterocycles. The van der Waals surface area contributed by atoms with Gasteiger partial charge >= 0.3 is 5.97 Å². The van der Waals surface area contributed by atoms with Crippen molar-refractivity contribution in [3.63, 3.8) is 0 Å². The van der Waals surface area contributed by atoms with Crippen LogP contribution in [-0.2, 0) is 9.53 Å².